The van der Waals surface area contributed by atoms with E-state index >= 15 is 9.59 Å². The third-order valence-electron chi connectivity index (χ3n) is 12.6. The Labute approximate surface area is 339 Å². The number of benzene rings is 4. The number of carbonyl (C=O) groups is 4. The normalized spacial score (nSPS) is 26.9. The van der Waals surface area contributed by atoms with Crippen LogP contribution in [0.1, 0.15) is 35.4 Å². The number of allylic oxidation sites excluding steroid dienone is 2. The number of para-hydroxylation sites is 1. The summed E-state index contributed by atoms with van der Waals surface area (Å²) >= 11 is 12.8. The summed E-state index contributed by atoms with van der Waals surface area (Å²) in [5.41, 5.74) is 5.49. The molecule has 0 bridgehead atoms. The zero-order valence-corrected chi connectivity index (χ0v) is 32.8. The van der Waals surface area contributed by atoms with E-state index in [9.17, 15) is 14.7 Å². The Morgan fingerprint density at radius 1 is 0.860 bits per heavy atom. The first-order valence-electron chi connectivity index (χ1n) is 19.1. The summed E-state index contributed by atoms with van der Waals surface area (Å²) in [6.45, 7) is 4.53. The van der Waals surface area contributed by atoms with Crippen LogP contribution in [0.25, 0.3) is 0 Å². The molecule has 3 heterocycles. The minimum absolute atomic E-state index is 0.0129. The van der Waals surface area contributed by atoms with E-state index in [-0.39, 0.29) is 35.4 Å². The summed E-state index contributed by atoms with van der Waals surface area (Å²) in [7, 11) is 1.55. The molecule has 9 rings (SSSR count). The molecule has 4 fully saturated rings. The number of morpholine rings is 1. The number of phenols is 1. The zero-order chi connectivity index (χ0) is 39.7. The SMILES string of the molecule is COc1ccc([C@@]23C(=O)N(Nc4ccc(Cl)cc4Cl)C(=O)[C@@H]2C[C@@H]2C(=CC[C@@H]4C(=O)N(c5ccc(N6CCOCC6)cc5)C(=O)[C@@H]42)[C@@H]3c2cccc(C)c2O)cc1. The van der Waals surface area contributed by atoms with Gasteiger partial charge in [-0.05, 0) is 91.4 Å². The fourth-order valence-electron chi connectivity index (χ4n) is 9.99. The van der Waals surface area contributed by atoms with Crippen LogP contribution in [0.2, 0.25) is 10.0 Å². The van der Waals surface area contributed by atoms with Gasteiger partial charge in [0.2, 0.25) is 11.8 Å². The molecule has 0 spiro atoms. The molecule has 3 saturated heterocycles. The van der Waals surface area contributed by atoms with Crippen molar-refractivity contribution in [2.75, 3.05) is 48.6 Å². The molecule has 292 valence electrons. The topological polar surface area (TPSA) is 129 Å². The van der Waals surface area contributed by atoms with E-state index in [0.29, 0.717) is 52.1 Å². The Morgan fingerprint density at radius 2 is 1.58 bits per heavy atom. The number of anilines is 3. The Morgan fingerprint density at radius 3 is 2.28 bits per heavy atom. The third kappa shape index (κ3) is 5.73. The first-order valence-corrected chi connectivity index (χ1v) is 19.8. The maximum absolute atomic E-state index is 15.5. The highest BCUT2D eigenvalue weighted by Gasteiger charge is 2.70. The van der Waals surface area contributed by atoms with Gasteiger partial charge in [0.15, 0.2) is 0 Å². The van der Waals surface area contributed by atoms with Gasteiger partial charge in [0.1, 0.15) is 11.5 Å². The van der Waals surface area contributed by atoms with Crippen molar-refractivity contribution in [2.45, 2.75) is 31.1 Å². The van der Waals surface area contributed by atoms with Crippen LogP contribution in [0.3, 0.4) is 0 Å². The Bertz CT molecular complexity index is 2350. The molecule has 5 aliphatic rings. The summed E-state index contributed by atoms with van der Waals surface area (Å²) in [4.78, 5) is 63.1. The minimum Gasteiger partial charge on any atom is -0.507 e. The lowest BCUT2D eigenvalue weighted by Gasteiger charge is -2.50. The monoisotopic (exact) mass is 806 g/mol. The van der Waals surface area contributed by atoms with E-state index in [1.54, 1.807) is 74.7 Å². The highest BCUT2D eigenvalue weighted by Crippen LogP contribution is 2.65. The zero-order valence-electron chi connectivity index (χ0n) is 31.3. The lowest BCUT2D eigenvalue weighted by atomic mass is 9.49. The molecule has 0 unspecified atom stereocenters. The summed E-state index contributed by atoms with van der Waals surface area (Å²) < 4.78 is 11.0. The molecule has 0 radical (unpaired) electrons. The molecule has 13 heteroatoms. The maximum atomic E-state index is 15.5. The van der Waals surface area contributed by atoms with Crippen molar-refractivity contribution in [3.05, 3.63) is 123 Å². The number of carbonyl (C=O) groups excluding carboxylic acids is 4. The highest BCUT2D eigenvalue weighted by molar-refractivity contribution is 6.36. The number of halogens is 2. The predicted octanol–water partition coefficient (Wildman–Crippen LogP) is 7.04. The lowest BCUT2D eigenvalue weighted by molar-refractivity contribution is -0.138. The van der Waals surface area contributed by atoms with Gasteiger partial charge in [-0.2, -0.15) is 5.01 Å². The van der Waals surface area contributed by atoms with Crippen molar-refractivity contribution in [2.24, 2.45) is 23.7 Å². The molecule has 3 aliphatic heterocycles. The second-order valence-electron chi connectivity index (χ2n) is 15.4. The minimum atomic E-state index is -1.59. The van der Waals surface area contributed by atoms with Gasteiger partial charge in [-0.3, -0.25) is 29.5 Å². The average Bonchev–Trinajstić information content (AvgIpc) is 3.61. The Kier molecular flexibility index (Phi) is 9.30. The van der Waals surface area contributed by atoms with Crippen LogP contribution in [0.15, 0.2) is 96.6 Å². The van der Waals surface area contributed by atoms with Gasteiger partial charge < -0.3 is 19.5 Å². The number of hydrogen-bond acceptors (Lipinski definition) is 9. The largest absolute Gasteiger partial charge is 0.507 e. The van der Waals surface area contributed by atoms with Crippen LogP contribution in [0.4, 0.5) is 17.1 Å². The average molecular weight is 808 g/mol. The van der Waals surface area contributed by atoms with Crippen LogP contribution >= 0.6 is 23.2 Å². The second kappa shape index (κ2) is 14.2. The number of ether oxygens (including phenoxy) is 2. The molecule has 4 amide bonds. The smallest absolute Gasteiger partial charge is 0.260 e. The number of aromatic hydroxyl groups is 1. The van der Waals surface area contributed by atoms with Crippen molar-refractivity contribution in [3.63, 3.8) is 0 Å². The number of aryl methyl sites for hydroxylation is 1. The molecule has 1 saturated carbocycles. The number of rotatable bonds is 7. The van der Waals surface area contributed by atoms with E-state index in [1.165, 1.54) is 11.0 Å². The van der Waals surface area contributed by atoms with E-state index in [2.05, 4.69) is 10.3 Å². The molecule has 6 atom stereocenters. The first kappa shape index (κ1) is 37.2. The second-order valence-corrected chi connectivity index (χ2v) is 16.2. The number of amides is 4. The highest BCUT2D eigenvalue weighted by atomic mass is 35.5. The molecule has 11 nitrogen and oxygen atoms in total. The molecule has 4 aromatic carbocycles. The summed E-state index contributed by atoms with van der Waals surface area (Å²) in [5.74, 6) is -5.14. The Balaban J connectivity index is 1.18. The van der Waals surface area contributed by atoms with Gasteiger partial charge in [-0.25, -0.2) is 0 Å². The van der Waals surface area contributed by atoms with Gasteiger partial charge in [0, 0.05) is 35.3 Å². The van der Waals surface area contributed by atoms with Gasteiger partial charge >= 0.3 is 0 Å². The number of fused-ring (bicyclic) bond motifs is 4. The number of imide groups is 2. The van der Waals surface area contributed by atoms with Crippen molar-refractivity contribution in [3.8, 4) is 11.5 Å². The van der Waals surface area contributed by atoms with E-state index in [4.69, 9.17) is 32.7 Å². The van der Waals surface area contributed by atoms with Crippen molar-refractivity contribution in [1.29, 1.82) is 0 Å². The van der Waals surface area contributed by atoms with E-state index < -0.39 is 46.8 Å². The number of phenolic OH excluding ortho intramolecular Hbond substituents is 1. The molecule has 2 aliphatic carbocycles. The quantitative estimate of drug-likeness (QED) is 0.149. The number of nitrogens with zero attached hydrogens (tertiary/aromatic N) is 3. The van der Waals surface area contributed by atoms with Crippen LogP contribution in [-0.4, -0.2) is 67.2 Å². The maximum Gasteiger partial charge on any atom is 0.260 e. The number of methoxy groups -OCH3 is 1. The van der Waals surface area contributed by atoms with Gasteiger partial charge in [-0.15, -0.1) is 0 Å². The molecule has 2 N–H and O–H groups in total. The van der Waals surface area contributed by atoms with Crippen LogP contribution < -0.4 is 20.0 Å². The molecule has 57 heavy (non-hydrogen) atoms. The summed E-state index contributed by atoms with van der Waals surface area (Å²) in [6, 6.07) is 24.6. The van der Waals surface area contributed by atoms with Crippen molar-refractivity contribution in [1.82, 2.24) is 5.01 Å². The standard InChI is InChI=1S/C44H40Cl2N4O7/c1-24-4-3-5-32(39(24)51)38-30-15-16-31-37(42(54)49(40(31)52)28-11-9-27(10-12-28)48-18-20-57-21-19-48)33(30)23-34-41(53)50(47-36-17-8-26(45)22-35(36)46)43(55)44(34,38)25-6-13-29(56-2)14-7-25/h3-15,17,22,31,33-34,37-38,47,51H,16,18-21,23H2,1-2H3/t31-,33+,34-,37-,38+,44+/m0/s1. The molecule has 0 aromatic heterocycles. The number of hydrazine groups is 1. The van der Waals surface area contributed by atoms with Crippen LogP contribution in [-0.2, 0) is 29.3 Å². The number of hydrogen-bond donors (Lipinski definition) is 2. The fraction of sp³-hybridized carbons (Fsp3) is 0.318. The van der Waals surface area contributed by atoms with Gasteiger partial charge in [-0.1, -0.05) is 65.2 Å². The summed E-state index contributed by atoms with van der Waals surface area (Å²) in [5, 5.41) is 13.5. The van der Waals surface area contributed by atoms with Crippen LogP contribution in [0.5, 0.6) is 11.5 Å². The Hall–Kier alpha value is -5.36. The fourth-order valence-corrected chi connectivity index (χ4v) is 10.4. The van der Waals surface area contributed by atoms with Gasteiger partial charge in [0.25, 0.3) is 11.8 Å². The van der Waals surface area contributed by atoms with Crippen molar-refractivity contribution < 1.29 is 33.8 Å². The van der Waals surface area contributed by atoms with Crippen LogP contribution in [0, 0.1) is 30.6 Å². The third-order valence-corrected chi connectivity index (χ3v) is 13.2. The first-order chi connectivity index (χ1) is 27.5. The van der Waals surface area contributed by atoms with Gasteiger partial charge in [0.05, 0.1) is 59.9 Å². The number of nitrogens with one attached hydrogen (secondary N) is 1. The summed E-state index contributed by atoms with van der Waals surface area (Å²) in [6.07, 6.45) is 2.32. The molecular weight excluding hydrogens is 767 g/mol. The van der Waals surface area contributed by atoms with Crippen molar-refractivity contribution >= 4 is 63.9 Å². The van der Waals surface area contributed by atoms with E-state index in [1.807, 2.05) is 24.3 Å². The lowest BCUT2D eigenvalue weighted by Crippen LogP contribution is -2.53. The predicted molar refractivity (Wildman–Crippen MR) is 215 cm³/mol. The molecular formula is C44H40Cl2N4O7. The van der Waals surface area contributed by atoms with E-state index in [0.717, 1.165) is 29.4 Å². The molecule has 4 aromatic rings.